The van der Waals surface area contributed by atoms with Gasteiger partial charge in [0.05, 0.1) is 27.2 Å². The molecule has 0 N–H and O–H groups in total. The Morgan fingerprint density at radius 3 is 1.29 bits per heavy atom. The molecule has 1 atom stereocenters. The van der Waals surface area contributed by atoms with Crippen LogP contribution in [-0.4, -0.2) is 31.7 Å². The summed E-state index contributed by atoms with van der Waals surface area (Å²) in [6.45, 7) is 4.68. The van der Waals surface area contributed by atoms with Crippen LogP contribution in [-0.2, 0) is 0 Å². The summed E-state index contributed by atoms with van der Waals surface area (Å²) in [7, 11) is 6.93. The van der Waals surface area contributed by atoms with Gasteiger partial charge in [-0.2, -0.15) is 0 Å². The van der Waals surface area contributed by atoms with Gasteiger partial charge in [0.1, 0.15) is 0 Å². The summed E-state index contributed by atoms with van der Waals surface area (Å²) in [5.41, 5.74) is 0. The van der Waals surface area contributed by atoms with Crippen molar-refractivity contribution in [2.24, 2.45) is 0 Å². The first-order valence-electron chi connectivity index (χ1n) is 9.29. The van der Waals surface area contributed by atoms with Crippen LogP contribution in [0.5, 0.6) is 0 Å². The van der Waals surface area contributed by atoms with Crippen LogP contribution in [0.4, 0.5) is 0 Å². The Hall–Kier alpha value is 0.440. The number of rotatable bonds is 14. The zero-order chi connectivity index (χ0) is 15.3. The van der Waals surface area contributed by atoms with Crippen LogP contribution in [0.15, 0.2) is 0 Å². The average molecular weight is 364 g/mol. The van der Waals surface area contributed by atoms with E-state index in [1.54, 1.807) is 0 Å². The molecule has 1 nitrogen and oxygen atoms in total. The van der Waals surface area contributed by atoms with Gasteiger partial charge in [0.15, 0.2) is 0 Å². The minimum absolute atomic E-state index is 0. The lowest BCUT2D eigenvalue weighted by Crippen LogP contribution is -3.00. The molecular formula is C19H42BrN. The van der Waals surface area contributed by atoms with Crippen molar-refractivity contribution in [3.8, 4) is 0 Å². The highest BCUT2D eigenvalue weighted by Crippen LogP contribution is 2.15. The van der Waals surface area contributed by atoms with Crippen LogP contribution in [0.1, 0.15) is 97.3 Å². The number of hydrogen-bond donors (Lipinski definition) is 0. The molecule has 21 heavy (non-hydrogen) atoms. The molecule has 0 aliphatic heterocycles. The monoisotopic (exact) mass is 363 g/mol. The molecule has 0 amide bonds. The summed E-state index contributed by atoms with van der Waals surface area (Å²) < 4.78 is 1.11. The molecule has 0 spiro atoms. The van der Waals surface area contributed by atoms with Crippen molar-refractivity contribution in [2.75, 3.05) is 21.1 Å². The van der Waals surface area contributed by atoms with Gasteiger partial charge in [0.2, 0.25) is 0 Å². The van der Waals surface area contributed by atoms with Gasteiger partial charge in [-0.25, -0.2) is 0 Å². The van der Waals surface area contributed by atoms with Gasteiger partial charge in [-0.05, 0) is 19.8 Å². The Balaban J connectivity index is 0. The average Bonchev–Trinajstić information content (AvgIpc) is 2.38. The molecule has 0 radical (unpaired) electrons. The van der Waals surface area contributed by atoms with Crippen LogP contribution in [0, 0.1) is 0 Å². The Labute approximate surface area is 146 Å². The molecule has 0 aliphatic rings. The molecule has 0 aromatic carbocycles. The van der Waals surface area contributed by atoms with Crippen molar-refractivity contribution in [3.05, 3.63) is 0 Å². The Bertz CT molecular complexity index is 198. The van der Waals surface area contributed by atoms with Crippen molar-refractivity contribution >= 4 is 0 Å². The standard InChI is InChI=1S/C19H42N.BrH/c1-6-7-8-9-10-11-12-13-14-15-16-17-18-19(2)20(3,4)5;/h19H,6-18H2,1-5H3;1H/q+1;/p-1. The molecule has 0 rings (SSSR count). The van der Waals surface area contributed by atoms with Crippen LogP contribution >= 0.6 is 0 Å². The molecule has 0 aliphatic carbocycles. The molecule has 0 fully saturated rings. The second kappa shape index (κ2) is 15.3. The van der Waals surface area contributed by atoms with Gasteiger partial charge in [0.25, 0.3) is 0 Å². The van der Waals surface area contributed by atoms with Gasteiger partial charge >= 0.3 is 0 Å². The van der Waals surface area contributed by atoms with E-state index in [2.05, 4.69) is 35.0 Å². The zero-order valence-corrected chi connectivity index (χ0v) is 17.2. The lowest BCUT2D eigenvalue weighted by Gasteiger charge is -2.31. The summed E-state index contributed by atoms with van der Waals surface area (Å²) in [4.78, 5) is 0. The minimum Gasteiger partial charge on any atom is -1.00 e. The van der Waals surface area contributed by atoms with E-state index in [1.807, 2.05) is 0 Å². The lowest BCUT2D eigenvalue weighted by atomic mass is 10.0. The van der Waals surface area contributed by atoms with Crippen LogP contribution < -0.4 is 17.0 Å². The Morgan fingerprint density at radius 1 is 0.619 bits per heavy atom. The maximum atomic E-state index is 2.39. The highest BCUT2D eigenvalue weighted by molar-refractivity contribution is 4.53. The maximum absolute atomic E-state index is 2.39. The number of halogens is 1. The maximum Gasteiger partial charge on any atom is 0.0855 e. The Morgan fingerprint density at radius 2 is 0.952 bits per heavy atom. The minimum atomic E-state index is 0. The fraction of sp³-hybridized carbons (Fsp3) is 1.00. The molecule has 0 bridgehead atoms. The second-order valence-corrected chi connectivity index (χ2v) is 7.64. The number of unbranched alkanes of at least 4 members (excludes halogenated alkanes) is 11. The first kappa shape index (κ1) is 23.7. The zero-order valence-electron chi connectivity index (χ0n) is 15.6. The summed E-state index contributed by atoms with van der Waals surface area (Å²) >= 11 is 0. The number of quaternary nitrogens is 1. The molecule has 0 aromatic rings. The van der Waals surface area contributed by atoms with E-state index in [0.717, 1.165) is 10.5 Å². The largest absolute Gasteiger partial charge is 1.00 e. The molecule has 0 heterocycles. The fourth-order valence-electron chi connectivity index (χ4n) is 2.67. The predicted molar refractivity (Wildman–Crippen MR) is 93.2 cm³/mol. The van der Waals surface area contributed by atoms with Gasteiger partial charge in [-0.3, -0.25) is 0 Å². The predicted octanol–water partition coefficient (Wildman–Crippen LogP) is 3.18. The molecule has 0 saturated heterocycles. The summed E-state index contributed by atoms with van der Waals surface area (Å²) in [5.74, 6) is 0. The van der Waals surface area contributed by atoms with Crippen molar-refractivity contribution in [3.63, 3.8) is 0 Å². The summed E-state index contributed by atoms with van der Waals surface area (Å²) in [5, 5.41) is 0. The van der Waals surface area contributed by atoms with E-state index in [4.69, 9.17) is 0 Å². The van der Waals surface area contributed by atoms with Gasteiger partial charge in [-0.1, -0.05) is 77.6 Å². The second-order valence-electron chi connectivity index (χ2n) is 7.64. The topological polar surface area (TPSA) is 0 Å². The van der Waals surface area contributed by atoms with Crippen molar-refractivity contribution < 1.29 is 21.5 Å². The molecule has 1 unspecified atom stereocenters. The smallest absolute Gasteiger partial charge is 0.0855 e. The van der Waals surface area contributed by atoms with E-state index >= 15 is 0 Å². The SMILES string of the molecule is CCCCCCCCCCCCCCC(C)[N+](C)(C)C.[Br-]. The third kappa shape index (κ3) is 16.6. The van der Waals surface area contributed by atoms with E-state index in [-0.39, 0.29) is 17.0 Å². The van der Waals surface area contributed by atoms with Gasteiger partial charge in [-0.15, -0.1) is 0 Å². The molecule has 0 saturated carbocycles. The number of hydrogen-bond acceptors (Lipinski definition) is 0. The molecule has 2 heteroatoms. The van der Waals surface area contributed by atoms with Gasteiger partial charge in [0, 0.05) is 0 Å². The van der Waals surface area contributed by atoms with Crippen molar-refractivity contribution in [1.82, 2.24) is 0 Å². The molecule has 0 aromatic heterocycles. The summed E-state index contributed by atoms with van der Waals surface area (Å²) in [6, 6.07) is 0.804. The van der Waals surface area contributed by atoms with Crippen LogP contribution in [0.2, 0.25) is 0 Å². The van der Waals surface area contributed by atoms with Crippen LogP contribution in [0.3, 0.4) is 0 Å². The fourth-order valence-corrected chi connectivity index (χ4v) is 2.67. The van der Waals surface area contributed by atoms with Gasteiger partial charge < -0.3 is 21.5 Å². The lowest BCUT2D eigenvalue weighted by molar-refractivity contribution is -0.894. The van der Waals surface area contributed by atoms with E-state index in [0.29, 0.717) is 0 Å². The highest BCUT2D eigenvalue weighted by atomic mass is 79.9. The first-order valence-corrected chi connectivity index (χ1v) is 9.29. The normalized spacial score (nSPS) is 13.0. The number of nitrogens with zero attached hydrogens (tertiary/aromatic N) is 1. The van der Waals surface area contributed by atoms with E-state index in [9.17, 15) is 0 Å². The van der Waals surface area contributed by atoms with Crippen molar-refractivity contribution in [1.29, 1.82) is 0 Å². The third-order valence-electron chi connectivity index (χ3n) is 4.80. The van der Waals surface area contributed by atoms with E-state index < -0.39 is 0 Å². The van der Waals surface area contributed by atoms with Crippen molar-refractivity contribution in [2.45, 2.75) is 103 Å². The molecule has 130 valence electrons. The van der Waals surface area contributed by atoms with E-state index in [1.165, 1.54) is 83.5 Å². The Kier molecular flexibility index (Phi) is 17.3. The highest BCUT2D eigenvalue weighted by Gasteiger charge is 2.16. The first-order chi connectivity index (χ1) is 9.48. The molecular weight excluding hydrogens is 322 g/mol. The summed E-state index contributed by atoms with van der Waals surface area (Å²) in [6.07, 6.45) is 18.8. The quantitative estimate of drug-likeness (QED) is 0.328. The third-order valence-corrected chi connectivity index (χ3v) is 4.80. The van der Waals surface area contributed by atoms with Crippen LogP contribution in [0.25, 0.3) is 0 Å².